The van der Waals surface area contributed by atoms with Gasteiger partial charge in [-0.2, -0.15) is 0 Å². The van der Waals surface area contributed by atoms with Crippen molar-refractivity contribution in [2.24, 2.45) is 0 Å². The topological polar surface area (TPSA) is 38.3 Å². The van der Waals surface area contributed by atoms with Crippen molar-refractivity contribution in [1.82, 2.24) is 5.32 Å². The highest BCUT2D eigenvalue weighted by Gasteiger charge is 2.17. The summed E-state index contributed by atoms with van der Waals surface area (Å²) in [6, 6.07) is 1.51. The van der Waals surface area contributed by atoms with Gasteiger partial charge in [-0.15, -0.1) is 11.3 Å². The van der Waals surface area contributed by atoms with E-state index in [1.165, 1.54) is 6.07 Å². The minimum atomic E-state index is -0.543. The monoisotopic (exact) mass is 267 g/mol. The molecule has 84 valence electrons. The zero-order chi connectivity index (χ0) is 11.6. The van der Waals surface area contributed by atoms with Crippen LogP contribution in [0.2, 0.25) is 8.67 Å². The fraction of sp³-hybridized carbons (Fsp3) is 0.444. The van der Waals surface area contributed by atoms with Crippen molar-refractivity contribution >= 4 is 40.6 Å². The van der Waals surface area contributed by atoms with Gasteiger partial charge in [-0.05, 0) is 20.8 Å². The lowest BCUT2D eigenvalue weighted by atomic mass is 10.1. The van der Waals surface area contributed by atoms with Gasteiger partial charge in [-0.3, -0.25) is 0 Å². The molecule has 0 radical (unpaired) electrons. The van der Waals surface area contributed by atoms with Crippen LogP contribution >= 0.6 is 34.5 Å². The molecule has 1 rings (SSSR count). The van der Waals surface area contributed by atoms with Gasteiger partial charge in [0.2, 0.25) is 0 Å². The van der Waals surface area contributed by atoms with Crippen LogP contribution < -0.4 is 10.1 Å². The maximum atomic E-state index is 11.4. The molecule has 0 atom stereocenters. The number of thiophene rings is 1. The van der Waals surface area contributed by atoms with E-state index in [0.717, 1.165) is 11.3 Å². The quantitative estimate of drug-likeness (QED) is 0.837. The highest BCUT2D eigenvalue weighted by Crippen LogP contribution is 2.37. The van der Waals surface area contributed by atoms with Crippen LogP contribution in [0.1, 0.15) is 20.8 Å². The van der Waals surface area contributed by atoms with E-state index in [1.807, 2.05) is 20.8 Å². The molecule has 0 aliphatic heterocycles. The van der Waals surface area contributed by atoms with Crippen molar-refractivity contribution in [3.05, 3.63) is 14.7 Å². The summed E-state index contributed by atoms with van der Waals surface area (Å²) in [5.74, 6) is 0.286. The highest BCUT2D eigenvalue weighted by atomic mass is 35.5. The molecule has 0 spiro atoms. The number of amides is 1. The summed E-state index contributed by atoms with van der Waals surface area (Å²) >= 11 is 12.6. The number of carbonyl (C=O) groups excluding carboxylic acids is 1. The molecular formula is C9H11Cl2NO2S. The molecule has 1 N–H and O–H groups in total. The zero-order valence-electron chi connectivity index (χ0n) is 8.56. The van der Waals surface area contributed by atoms with Crippen LogP contribution in [0.3, 0.4) is 0 Å². The lowest BCUT2D eigenvalue weighted by Gasteiger charge is -2.19. The van der Waals surface area contributed by atoms with E-state index in [1.54, 1.807) is 0 Å². The number of nitrogens with one attached hydrogen (secondary N) is 1. The Kier molecular flexibility index (Phi) is 3.87. The van der Waals surface area contributed by atoms with E-state index in [-0.39, 0.29) is 11.3 Å². The minimum Gasteiger partial charge on any atom is -0.408 e. The van der Waals surface area contributed by atoms with Crippen molar-refractivity contribution in [2.45, 2.75) is 26.3 Å². The van der Waals surface area contributed by atoms with Crippen LogP contribution in [0.25, 0.3) is 0 Å². The van der Waals surface area contributed by atoms with Crippen LogP contribution in [0.4, 0.5) is 4.79 Å². The number of hydrogen-bond acceptors (Lipinski definition) is 3. The standard InChI is InChI=1S/C9H11Cl2NO2S/c1-9(2,3)12-8(13)14-5-4-6(10)15-7(5)11/h4H,1-3H3,(H,12,13). The molecular weight excluding hydrogens is 257 g/mol. The third-order valence-electron chi connectivity index (χ3n) is 1.31. The Morgan fingerprint density at radius 1 is 1.47 bits per heavy atom. The summed E-state index contributed by atoms with van der Waals surface area (Å²) in [6.07, 6.45) is -0.543. The van der Waals surface area contributed by atoms with Crippen molar-refractivity contribution < 1.29 is 9.53 Å². The van der Waals surface area contributed by atoms with E-state index < -0.39 is 6.09 Å². The first-order valence-corrected chi connectivity index (χ1v) is 5.80. The van der Waals surface area contributed by atoms with Crippen LogP contribution in [-0.4, -0.2) is 11.6 Å². The second-order valence-corrected chi connectivity index (χ2v) is 6.24. The van der Waals surface area contributed by atoms with Gasteiger partial charge in [0.05, 0.1) is 4.34 Å². The average molecular weight is 268 g/mol. The van der Waals surface area contributed by atoms with Gasteiger partial charge in [0.15, 0.2) is 5.75 Å². The Hall–Kier alpha value is -0.450. The van der Waals surface area contributed by atoms with Crippen LogP contribution in [0.5, 0.6) is 5.75 Å². The maximum absolute atomic E-state index is 11.4. The molecule has 15 heavy (non-hydrogen) atoms. The molecule has 0 aliphatic rings. The van der Waals surface area contributed by atoms with Gasteiger partial charge >= 0.3 is 6.09 Å². The molecule has 1 amide bonds. The first-order valence-electron chi connectivity index (χ1n) is 4.23. The summed E-state index contributed by atoms with van der Waals surface area (Å²) in [4.78, 5) is 11.4. The lowest BCUT2D eigenvalue weighted by Crippen LogP contribution is -2.42. The molecule has 1 aromatic rings. The van der Waals surface area contributed by atoms with Crippen LogP contribution in [-0.2, 0) is 0 Å². The molecule has 0 bridgehead atoms. The predicted octanol–water partition coefficient (Wildman–Crippen LogP) is 3.94. The SMILES string of the molecule is CC(C)(C)NC(=O)Oc1cc(Cl)sc1Cl. The summed E-state index contributed by atoms with van der Waals surface area (Å²) < 4.78 is 5.84. The number of ether oxygens (including phenoxy) is 1. The first kappa shape index (κ1) is 12.6. The Labute approximate surface area is 102 Å². The normalized spacial score (nSPS) is 11.3. The average Bonchev–Trinajstić information content (AvgIpc) is 2.25. The number of hydrogen-bond donors (Lipinski definition) is 1. The number of rotatable bonds is 1. The van der Waals surface area contributed by atoms with E-state index in [2.05, 4.69) is 5.32 Å². The van der Waals surface area contributed by atoms with E-state index in [0.29, 0.717) is 8.67 Å². The predicted molar refractivity (Wildman–Crippen MR) is 63.3 cm³/mol. The highest BCUT2D eigenvalue weighted by molar-refractivity contribution is 7.20. The third-order valence-corrected chi connectivity index (χ3v) is 2.76. The Bertz CT molecular complexity index is 371. The fourth-order valence-electron chi connectivity index (χ4n) is 0.826. The Morgan fingerprint density at radius 2 is 2.07 bits per heavy atom. The van der Waals surface area contributed by atoms with Crippen molar-refractivity contribution in [3.8, 4) is 5.75 Å². The minimum absolute atomic E-state index is 0.286. The summed E-state index contributed by atoms with van der Waals surface area (Å²) in [7, 11) is 0. The third kappa shape index (κ3) is 4.28. The smallest absolute Gasteiger partial charge is 0.408 e. The molecule has 3 nitrogen and oxygen atoms in total. The molecule has 1 aromatic heterocycles. The van der Waals surface area contributed by atoms with Gasteiger partial charge in [0.1, 0.15) is 4.34 Å². The maximum Gasteiger partial charge on any atom is 0.413 e. The molecule has 0 fully saturated rings. The van der Waals surface area contributed by atoms with Crippen molar-refractivity contribution in [3.63, 3.8) is 0 Å². The summed E-state index contributed by atoms with van der Waals surface area (Å²) in [5, 5.41) is 2.65. The molecule has 0 saturated carbocycles. The van der Waals surface area contributed by atoms with Crippen molar-refractivity contribution in [2.75, 3.05) is 0 Å². The Balaban J connectivity index is 2.63. The summed E-state index contributed by atoms with van der Waals surface area (Å²) in [5.41, 5.74) is -0.344. The molecule has 6 heteroatoms. The molecule has 0 unspecified atom stereocenters. The van der Waals surface area contributed by atoms with Gasteiger partial charge in [-0.1, -0.05) is 23.2 Å². The number of carbonyl (C=O) groups is 1. The lowest BCUT2D eigenvalue weighted by molar-refractivity contribution is 0.191. The summed E-state index contributed by atoms with van der Waals surface area (Å²) in [6.45, 7) is 5.57. The largest absolute Gasteiger partial charge is 0.413 e. The zero-order valence-corrected chi connectivity index (χ0v) is 10.9. The Morgan fingerprint density at radius 3 is 2.47 bits per heavy atom. The fourth-order valence-corrected chi connectivity index (χ4v) is 2.16. The van der Waals surface area contributed by atoms with E-state index >= 15 is 0 Å². The second-order valence-electron chi connectivity index (χ2n) is 3.95. The molecule has 0 aromatic carbocycles. The van der Waals surface area contributed by atoms with E-state index in [9.17, 15) is 4.79 Å². The number of halogens is 2. The molecule has 0 saturated heterocycles. The van der Waals surface area contributed by atoms with Gasteiger partial charge in [0.25, 0.3) is 0 Å². The van der Waals surface area contributed by atoms with Crippen LogP contribution in [0, 0.1) is 0 Å². The van der Waals surface area contributed by atoms with Gasteiger partial charge in [-0.25, -0.2) is 4.79 Å². The van der Waals surface area contributed by atoms with Crippen LogP contribution in [0.15, 0.2) is 6.07 Å². The van der Waals surface area contributed by atoms with Gasteiger partial charge in [0, 0.05) is 11.6 Å². The molecule has 0 aliphatic carbocycles. The first-order chi connectivity index (χ1) is 6.78. The van der Waals surface area contributed by atoms with Crippen molar-refractivity contribution in [1.29, 1.82) is 0 Å². The van der Waals surface area contributed by atoms with Gasteiger partial charge < -0.3 is 10.1 Å². The van der Waals surface area contributed by atoms with E-state index in [4.69, 9.17) is 27.9 Å². The second kappa shape index (κ2) is 4.60. The molecule has 1 heterocycles.